The predicted molar refractivity (Wildman–Crippen MR) is 68.6 cm³/mol. The third-order valence-corrected chi connectivity index (χ3v) is 4.54. The molecule has 0 radical (unpaired) electrons. The Balaban J connectivity index is 2.00. The normalized spacial score (nSPS) is 19.1. The number of aromatic nitrogens is 3. The van der Waals surface area contributed by atoms with Crippen LogP contribution in [0.4, 0.5) is 0 Å². The molecule has 0 bridgehead atoms. The molecule has 1 atom stereocenters. The molecule has 1 aliphatic rings. The molecule has 0 N–H and O–H groups in total. The van der Waals surface area contributed by atoms with Gasteiger partial charge in [0.25, 0.3) is 0 Å². The summed E-state index contributed by atoms with van der Waals surface area (Å²) >= 11 is 3.66. The largest absolute Gasteiger partial charge is 0.250 e. The maximum Gasteiger partial charge on any atom is 0.138 e. The molecule has 1 aliphatic carbocycles. The van der Waals surface area contributed by atoms with Crippen molar-refractivity contribution in [2.45, 2.75) is 45.6 Å². The van der Waals surface area contributed by atoms with E-state index in [1.54, 1.807) is 6.33 Å². The predicted octanol–water partition coefficient (Wildman–Crippen LogP) is 3.04. The highest BCUT2D eigenvalue weighted by Gasteiger charge is 2.25. The van der Waals surface area contributed by atoms with Crippen LogP contribution < -0.4 is 0 Å². The van der Waals surface area contributed by atoms with Crippen LogP contribution >= 0.6 is 15.9 Å². The Hall–Kier alpha value is -0.380. The van der Waals surface area contributed by atoms with E-state index in [-0.39, 0.29) is 0 Å². The number of nitrogens with zero attached hydrogens (tertiary/aromatic N) is 3. The van der Waals surface area contributed by atoms with E-state index < -0.39 is 0 Å². The van der Waals surface area contributed by atoms with Gasteiger partial charge in [0.05, 0.1) is 0 Å². The van der Waals surface area contributed by atoms with E-state index in [0.29, 0.717) is 0 Å². The zero-order valence-corrected chi connectivity index (χ0v) is 11.5. The molecule has 1 saturated carbocycles. The zero-order chi connectivity index (χ0) is 11.4. The number of rotatable bonds is 5. The standard InChI is InChI=1S/C12H20BrN3/c1-2-16-12(14-9-15-16)7-11(8-13)10-5-3-4-6-10/h9-11H,2-8H2,1H3. The monoisotopic (exact) mass is 285 g/mol. The molecule has 0 spiro atoms. The Morgan fingerprint density at radius 3 is 2.88 bits per heavy atom. The number of hydrogen-bond donors (Lipinski definition) is 0. The summed E-state index contributed by atoms with van der Waals surface area (Å²) in [6.07, 6.45) is 8.37. The Kier molecular flexibility index (Phi) is 4.38. The van der Waals surface area contributed by atoms with Crippen LogP contribution in [0.5, 0.6) is 0 Å². The van der Waals surface area contributed by atoms with Crippen molar-refractivity contribution in [3.8, 4) is 0 Å². The molecule has 1 aromatic rings. The third-order valence-electron chi connectivity index (χ3n) is 3.70. The van der Waals surface area contributed by atoms with Gasteiger partial charge in [-0.2, -0.15) is 5.10 Å². The SMILES string of the molecule is CCn1ncnc1CC(CBr)C1CCCC1. The van der Waals surface area contributed by atoms with Crippen molar-refractivity contribution < 1.29 is 0 Å². The molecule has 1 aromatic heterocycles. The average molecular weight is 286 g/mol. The summed E-state index contributed by atoms with van der Waals surface area (Å²) < 4.78 is 2.02. The van der Waals surface area contributed by atoms with E-state index in [0.717, 1.165) is 36.0 Å². The summed E-state index contributed by atoms with van der Waals surface area (Å²) in [7, 11) is 0. The second kappa shape index (κ2) is 5.80. The smallest absolute Gasteiger partial charge is 0.138 e. The third kappa shape index (κ3) is 2.65. The van der Waals surface area contributed by atoms with Gasteiger partial charge in [0.15, 0.2) is 0 Å². The lowest BCUT2D eigenvalue weighted by atomic mass is 9.89. The molecular weight excluding hydrogens is 266 g/mol. The van der Waals surface area contributed by atoms with E-state index in [1.165, 1.54) is 25.7 Å². The van der Waals surface area contributed by atoms with Crippen LogP contribution in [0.3, 0.4) is 0 Å². The quantitative estimate of drug-likeness (QED) is 0.779. The molecular formula is C12H20BrN3. The fraction of sp³-hybridized carbons (Fsp3) is 0.833. The van der Waals surface area contributed by atoms with Crippen LogP contribution in [0.1, 0.15) is 38.4 Å². The molecule has 0 amide bonds. The van der Waals surface area contributed by atoms with E-state index in [9.17, 15) is 0 Å². The molecule has 4 heteroatoms. The van der Waals surface area contributed by atoms with Gasteiger partial charge in [0, 0.05) is 18.3 Å². The minimum Gasteiger partial charge on any atom is -0.250 e. The lowest BCUT2D eigenvalue weighted by Crippen LogP contribution is -2.19. The number of aryl methyl sites for hydroxylation is 1. The van der Waals surface area contributed by atoms with Gasteiger partial charge in [0.2, 0.25) is 0 Å². The summed E-state index contributed by atoms with van der Waals surface area (Å²) in [5.41, 5.74) is 0. The molecule has 0 aromatic carbocycles. The van der Waals surface area contributed by atoms with Crippen LogP contribution in [-0.2, 0) is 13.0 Å². The van der Waals surface area contributed by atoms with Crippen molar-refractivity contribution in [3.63, 3.8) is 0 Å². The highest BCUT2D eigenvalue weighted by atomic mass is 79.9. The van der Waals surface area contributed by atoms with Gasteiger partial charge < -0.3 is 0 Å². The van der Waals surface area contributed by atoms with Gasteiger partial charge in [0.1, 0.15) is 12.2 Å². The summed E-state index contributed by atoms with van der Waals surface area (Å²) in [5.74, 6) is 2.78. The topological polar surface area (TPSA) is 30.7 Å². The molecule has 90 valence electrons. The Labute approximate surface area is 106 Å². The van der Waals surface area contributed by atoms with Gasteiger partial charge >= 0.3 is 0 Å². The second-order valence-corrected chi connectivity index (χ2v) is 5.30. The molecule has 1 unspecified atom stereocenters. The van der Waals surface area contributed by atoms with E-state index in [4.69, 9.17) is 0 Å². The second-order valence-electron chi connectivity index (χ2n) is 4.66. The van der Waals surface area contributed by atoms with Crippen molar-refractivity contribution in [1.29, 1.82) is 0 Å². The van der Waals surface area contributed by atoms with Crippen molar-refractivity contribution in [2.24, 2.45) is 11.8 Å². The van der Waals surface area contributed by atoms with Crippen LogP contribution in [0.2, 0.25) is 0 Å². The maximum atomic E-state index is 4.38. The molecule has 1 fully saturated rings. The molecule has 16 heavy (non-hydrogen) atoms. The summed E-state index contributed by atoms with van der Waals surface area (Å²) in [6, 6.07) is 0. The fourth-order valence-corrected chi connectivity index (χ4v) is 3.48. The number of hydrogen-bond acceptors (Lipinski definition) is 2. The summed E-state index contributed by atoms with van der Waals surface area (Å²) in [4.78, 5) is 4.38. The lowest BCUT2D eigenvalue weighted by Gasteiger charge is -2.20. The van der Waals surface area contributed by atoms with Gasteiger partial charge in [-0.1, -0.05) is 41.6 Å². The van der Waals surface area contributed by atoms with Crippen LogP contribution in [-0.4, -0.2) is 20.1 Å². The van der Waals surface area contributed by atoms with Gasteiger partial charge in [-0.3, -0.25) is 4.68 Å². The van der Waals surface area contributed by atoms with Crippen LogP contribution in [0, 0.1) is 11.8 Å². The van der Waals surface area contributed by atoms with Crippen LogP contribution in [0.15, 0.2) is 6.33 Å². The van der Waals surface area contributed by atoms with Crippen LogP contribution in [0.25, 0.3) is 0 Å². The van der Waals surface area contributed by atoms with Crippen molar-refractivity contribution in [2.75, 3.05) is 5.33 Å². The van der Waals surface area contributed by atoms with Crippen molar-refractivity contribution >= 4 is 15.9 Å². The minimum atomic E-state index is 0.733. The van der Waals surface area contributed by atoms with E-state index >= 15 is 0 Å². The molecule has 1 heterocycles. The first-order valence-corrected chi connectivity index (χ1v) is 7.40. The van der Waals surface area contributed by atoms with Gasteiger partial charge in [-0.15, -0.1) is 0 Å². The molecule has 2 rings (SSSR count). The summed E-state index contributed by atoms with van der Waals surface area (Å²) in [6.45, 7) is 3.05. The molecule has 0 saturated heterocycles. The molecule has 0 aliphatic heterocycles. The summed E-state index contributed by atoms with van der Waals surface area (Å²) in [5, 5.41) is 5.33. The minimum absolute atomic E-state index is 0.733. The molecule has 3 nitrogen and oxygen atoms in total. The Bertz CT molecular complexity index is 318. The van der Waals surface area contributed by atoms with E-state index in [1.807, 2.05) is 4.68 Å². The Morgan fingerprint density at radius 2 is 2.25 bits per heavy atom. The highest BCUT2D eigenvalue weighted by Crippen LogP contribution is 2.33. The van der Waals surface area contributed by atoms with Crippen molar-refractivity contribution in [1.82, 2.24) is 14.8 Å². The first-order valence-electron chi connectivity index (χ1n) is 6.27. The Morgan fingerprint density at radius 1 is 1.50 bits per heavy atom. The zero-order valence-electron chi connectivity index (χ0n) is 9.90. The highest BCUT2D eigenvalue weighted by molar-refractivity contribution is 9.09. The first kappa shape index (κ1) is 12.1. The van der Waals surface area contributed by atoms with E-state index in [2.05, 4.69) is 32.9 Å². The lowest BCUT2D eigenvalue weighted by molar-refractivity contribution is 0.361. The number of alkyl halides is 1. The van der Waals surface area contributed by atoms with Gasteiger partial charge in [-0.25, -0.2) is 4.98 Å². The fourth-order valence-electron chi connectivity index (χ4n) is 2.72. The first-order chi connectivity index (χ1) is 7.85. The number of halogens is 1. The maximum absolute atomic E-state index is 4.38. The van der Waals surface area contributed by atoms with Gasteiger partial charge in [-0.05, 0) is 18.8 Å². The average Bonchev–Trinajstić information content (AvgIpc) is 2.96. The van der Waals surface area contributed by atoms with Crippen molar-refractivity contribution in [3.05, 3.63) is 12.2 Å².